The van der Waals surface area contributed by atoms with Crippen molar-refractivity contribution in [2.75, 3.05) is 19.6 Å². The summed E-state index contributed by atoms with van der Waals surface area (Å²) in [5.41, 5.74) is 2.22. The number of carbonyl (C=O) groups excluding carboxylic acids is 1. The molecule has 0 radical (unpaired) electrons. The molecule has 2 fully saturated rings. The fraction of sp³-hybridized carbons (Fsp3) is 0.462. The van der Waals surface area contributed by atoms with Crippen LogP contribution in [0, 0.1) is 5.92 Å². The van der Waals surface area contributed by atoms with Gasteiger partial charge in [-0.25, -0.2) is 9.97 Å². The predicted molar refractivity (Wildman–Crippen MR) is 127 cm³/mol. The average Bonchev–Trinajstić information content (AvgIpc) is 3.55. The van der Waals surface area contributed by atoms with Gasteiger partial charge in [0.15, 0.2) is 0 Å². The summed E-state index contributed by atoms with van der Waals surface area (Å²) in [6, 6.07) is 10.3. The Hall–Kier alpha value is -3.06. The molecule has 5 rings (SSSR count). The third-order valence-corrected chi connectivity index (χ3v) is 6.98. The van der Waals surface area contributed by atoms with Crippen molar-refractivity contribution in [1.82, 2.24) is 29.3 Å². The summed E-state index contributed by atoms with van der Waals surface area (Å²) in [5, 5.41) is 0. The lowest BCUT2D eigenvalue weighted by Crippen LogP contribution is -2.42. The number of pyridine rings is 2. The van der Waals surface area contributed by atoms with E-state index in [1.165, 1.54) is 5.56 Å². The van der Waals surface area contributed by atoms with Crippen molar-refractivity contribution >= 4 is 5.91 Å². The van der Waals surface area contributed by atoms with Gasteiger partial charge in [-0.3, -0.25) is 19.2 Å². The van der Waals surface area contributed by atoms with E-state index in [-0.39, 0.29) is 12.0 Å². The molecule has 7 nitrogen and oxygen atoms in total. The second-order valence-corrected chi connectivity index (χ2v) is 9.09. The minimum absolute atomic E-state index is 0.0690. The van der Waals surface area contributed by atoms with Crippen LogP contribution < -0.4 is 0 Å². The molecule has 5 heterocycles. The van der Waals surface area contributed by atoms with Crippen LogP contribution in [0.25, 0.3) is 5.82 Å². The molecular weight excluding hydrogens is 412 g/mol. The minimum Gasteiger partial charge on any atom is -0.334 e. The molecule has 0 spiro atoms. The molecule has 3 aromatic rings. The standard InChI is InChI=1S/C26H32N6O/c1-2-24-28-13-17-32(24)25-9-3-7-22(29-25)23-8-5-14-31(23)26(33)21-10-15-30(16-11-21)19-20-6-4-12-27-18-20/h3-4,6-7,9,12-13,17-18,21,23H,2,5,8,10-11,14-16,19H2,1H3/t23-/m1/s1. The maximum Gasteiger partial charge on any atom is 0.226 e. The first-order chi connectivity index (χ1) is 16.2. The highest BCUT2D eigenvalue weighted by atomic mass is 16.2. The Morgan fingerprint density at radius 1 is 1.06 bits per heavy atom. The van der Waals surface area contributed by atoms with Crippen LogP contribution in [0.15, 0.2) is 55.1 Å². The molecule has 7 heteroatoms. The first kappa shape index (κ1) is 21.8. The van der Waals surface area contributed by atoms with Gasteiger partial charge in [-0.2, -0.15) is 0 Å². The Kier molecular flexibility index (Phi) is 6.48. The zero-order chi connectivity index (χ0) is 22.6. The lowest BCUT2D eigenvalue weighted by molar-refractivity contribution is -0.138. The highest BCUT2D eigenvalue weighted by Gasteiger charge is 2.36. The Balaban J connectivity index is 1.25. The van der Waals surface area contributed by atoms with Crippen LogP contribution in [0.3, 0.4) is 0 Å². The molecule has 2 saturated heterocycles. The summed E-state index contributed by atoms with van der Waals surface area (Å²) in [7, 11) is 0. The molecule has 0 aromatic carbocycles. The lowest BCUT2D eigenvalue weighted by atomic mass is 9.94. The average molecular weight is 445 g/mol. The number of hydrogen-bond donors (Lipinski definition) is 0. The molecule has 33 heavy (non-hydrogen) atoms. The van der Waals surface area contributed by atoms with Gasteiger partial charge in [0.05, 0.1) is 11.7 Å². The van der Waals surface area contributed by atoms with Gasteiger partial charge in [-0.05, 0) is 62.5 Å². The molecule has 1 atom stereocenters. The molecule has 172 valence electrons. The van der Waals surface area contributed by atoms with Crippen LogP contribution >= 0.6 is 0 Å². The van der Waals surface area contributed by atoms with Crippen LogP contribution in [0.2, 0.25) is 0 Å². The van der Waals surface area contributed by atoms with E-state index in [2.05, 4.69) is 44.9 Å². The molecule has 3 aromatic heterocycles. The quantitative estimate of drug-likeness (QED) is 0.579. The Bertz CT molecular complexity index is 1070. The largest absolute Gasteiger partial charge is 0.334 e. The van der Waals surface area contributed by atoms with Crippen molar-refractivity contribution in [2.45, 2.75) is 51.6 Å². The van der Waals surface area contributed by atoms with E-state index in [0.29, 0.717) is 5.91 Å². The molecular formula is C26H32N6O. The van der Waals surface area contributed by atoms with Crippen LogP contribution in [-0.4, -0.2) is 54.9 Å². The van der Waals surface area contributed by atoms with E-state index in [1.807, 2.05) is 41.5 Å². The highest BCUT2D eigenvalue weighted by molar-refractivity contribution is 5.79. The van der Waals surface area contributed by atoms with Crippen molar-refractivity contribution < 1.29 is 4.79 Å². The summed E-state index contributed by atoms with van der Waals surface area (Å²) in [6.45, 7) is 5.75. The van der Waals surface area contributed by atoms with E-state index >= 15 is 0 Å². The van der Waals surface area contributed by atoms with E-state index in [4.69, 9.17) is 4.98 Å². The lowest BCUT2D eigenvalue weighted by Gasteiger charge is -2.34. The summed E-state index contributed by atoms with van der Waals surface area (Å²) >= 11 is 0. The SMILES string of the molecule is CCc1nccn1-c1cccc([C@H]2CCCN2C(=O)C2CCN(Cc3cccnc3)CC2)n1. The second-order valence-electron chi connectivity index (χ2n) is 9.09. The first-order valence-corrected chi connectivity index (χ1v) is 12.1. The predicted octanol–water partition coefficient (Wildman–Crippen LogP) is 3.80. The molecule has 2 aliphatic heterocycles. The topological polar surface area (TPSA) is 67.2 Å². The number of aromatic nitrogens is 4. The highest BCUT2D eigenvalue weighted by Crippen LogP contribution is 2.34. The van der Waals surface area contributed by atoms with Gasteiger partial charge < -0.3 is 4.90 Å². The molecule has 0 N–H and O–H groups in total. The second kappa shape index (κ2) is 9.83. The van der Waals surface area contributed by atoms with E-state index in [0.717, 1.165) is 75.6 Å². The number of imidazole rings is 1. The summed E-state index contributed by atoms with van der Waals surface area (Å²) in [4.78, 5) is 31.7. The zero-order valence-electron chi connectivity index (χ0n) is 19.3. The fourth-order valence-electron chi connectivity index (χ4n) is 5.22. The summed E-state index contributed by atoms with van der Waals surface area (Å²) in [6.07, 6.45) is 12.2. The van der Waals surface area contributed by atoms with E-state index in [1.54, 1.807) is 0 Å². The van der Waals surface area contributed by atoms with Crippen molar-refractivity contribution in [3.63, 3.8) is 0 Å². The smallest absolute Gasteiger partial charge is 0.226 e. The summed E-state index contributed by atoms with van der Waals surface area (Å²) in [5.74, 6) is 2.30. The number of amides is 1. The Labute approximate surface area is 195 Å². The first-order valence-electron chi connectivity index (χ1n) is 12.1. The van der Waals surface area contributed by atoms with Gasteiger partial charge in [0.1, 0.15) is 11.6 Å². The number of aryl methyl sites for hydroxylation is 1. The maximum atomic E-state index is 13.5. The molecule has 0 aliphatic carbocycles. The monoisotopic (exact) mass is 444 g/mol. The van der Waals surface area contributed by atoms with Crippen molar-refractivity contribution in [1.29, 1.82) is 0 Å². The van der Waals surface area contributed by atoms with E-state index < -0.39 is 0 Å². The van der Waals surface area contributed by atoms with E-state index in [9.17, 15) is 4.79 Å². The number of likely N-dealkylation sites (tertiary alicyclic amines) is 2. The van der Waals surface area contributed by atoms with Crippen molar-refractivity contribution in [3.05, 3.63) is 72.2 Å². The minimum atomic E-state index is 0.0690. The van der Waals surface area contributed by atoms with Crippen LogP contribution in [0.5, 0.6) is 0 Å². The normalized spacial score (nSPS) is 19.8. The molecule has 0 saturated carbocycles. The zero-order valence-corrected chi connectivity index (χ0v) is 19.3. The number of carbonyl (C=O) groups is 1. The number of nitrogens with zero attached hydrogens (tertiary/aromatic N) is 6. The number of rotatable bonds is 6. The van der Waals surface area contributed by atoms with Crippen LogP contribution in [0.1, 0.15) is 55.7 Å². The Morgan fingerprint density at radius 2 is 1.94 bits per heavy atom. The van der Waals surface area contributed by atoms with Gasteiger partial charge in [0.25, 0.3) is 0 Å². The third-order valence-electron chi connectivity index (χ3n) is 6.98. The van der Waals surface area contributed by atoms with Gasteiger partial charge in [0, 0.05) is 50.2 Å². The number of piperidine rings is 1. The maximum absolute atomic E-state index is 13.5. The Morgan fingerprint density at radius 3 is 2.73 bits per heavy atom. The van der Waals surface area contributed by atoms with Crippen LogP contribution in [-0.2, 0) is 17.8 Å². The molecule has 2 aliphatic rings. The van der Waals surface area contributed by atoms with Gasteiger partial charge >= 0.3 is 0 Å². The fourth-order valence-corrected chi connectivity index (χ4v) is 5.22. The van der Waals surface area contributed by atoms with Crippen molar-refractivity contribution in [3.8, 4) is 5.82 Å². The molecule has 1 amide bonds. The molecule has 0 unspecified atom stereocenters. The summed E-state index contributed by atoms with van der Waals surface area (Å²) < 4.78 is 2.04. The van der Waals surface area contributed by atoms with Crippen LogP contribution in [0.4, 0.5) is 0 Å². The van der Waals surface area contributed by atoms with Crippen molar-refractivity contribution in [2.24, 2.45) is 5.92 Å². The van der Waals surface area contributed by atoms with Gasteiger partial charge in [-0.1, -0.05) is 19.1 Å². The third kappa shape index (κ3) is 4.69. The van der Waals surface area contributed by atoms with Gasteiger partial charge in [-0.15, -0.1) is 0 Å². The molecule has 0 bridgehead atoms. The van der Waals surface area contributed by atoms with Gasteiger partial charge in [0.2, 0.25) is 5.91 Å². The number of hydrogen-bond acceptors (Lipinski definition) is 5.